The number of nitrogens with zero attached hydrogens (tertiary/aromatic N) is 3. The molecule has 1 heterocycles. The number of halogens is 5. The molecule has 2 amide bonds. The zero-order valence-electron chi connectivity index (χ0n) is 19.2. The van der Waals surface area contributed by atoms with Crippen molar-refractivity contribution in [3.8, 4) is 5.75 Å². The SMILES string of the molecule is CN(C)C[C@H]1N(c2ccc(Cl)cc2)C(=O)N(c2ccc(Cl)cc2)C1(O)c1cccc(OC(F)(F)F)c1. The van der Waals surface area contributed by atoms with Crippen LogP contribution in [0.2, 0.25) is 10.0 Å². The van der Waals surface area contributed by atoms with Gasteiger partial charge in [-0.2, -0.15) is 0 Å². The summed E-state index contributed by atoms with van der Waals surface area (Å²) in [5.41, 5.74) is -1.31. The van der Waals surface area contributed by atoms with Crippen LogP contribution >= 0.6 is 23.2 Å². The summed E-state index contributed by atoms with van der Waals surface area (Å²) >= 11 is 12.1. The Kier molecular flexibility index (Phi) is 7.12. The van der Waals surface area contributed by atoms with Gasteiger partial charge in [0.2, 0.25) is 0 Å². The van der Waals surface area contributed by atoms with Crippen molar-refractivity contribution in [1.29, 1.82) is 0 Å². The maximum Gasteiger partial charge on any atom is 0.573 e. The van der Waals surface area contributed by atoms with Crippen LogP contribution in [-0.4, -0.2) is 49.1 Å². The van der Waals surface area contributed by atoms with Crippen LogP contribution in [0.5, 0.6) is 5.75 Å². The van der Waals surface area contributed by atoms with E-state index in [0.717, 1.165) is 17.0 Å². The lowest BCUT2D eigenvalue weighted by atomic mass is 9.92. The summed E-state index contributed by atoms with van der Waals surface area (Å²) in [5, 5.41) is 13.2. The minimum Gasteiger partial charge on any atom is -0.406 e. The third-order valence-corrected chi connectivity index (χ3v) is 6.24. The molecule has 1 aliphatic heterocycles. The van der Waals surface area contributed by atoms with Gasteiger partial charge in [0, 0.05) is 33.5 Å². The summed E-state index contributed by atoms with van der Waals surface area (Å²) < 4.78 is 43.0. The highest BCUT2D eigenvalue weighted by Crippen LogP contribution is 2.46. The highest BCUT2D eigenvalue weighted by molar-refractivity contribution is 6.31. The van der Waals surface area contributed by atoms with Crippen molar-refractivity contribution in [3.05, 3.63) is 88.4 Å². The van der Waals surface area contributed by atoms with Crippen molar-refractivity contribution < 1.29 is 27.8 Å². The van der Waals surface area contributed by atoms with Gasteiger partial charge in [-0.15, -0.1) is 13.2 Å². The van der Waals surface area contributed by atoms with E-state index in [1.54, 1.807) is 67.5 Å². The van der Waals surface area contributed by atoms with Crippen LogP contribution < -0.4 is 14.5 Å². The molecule has 2 atom stereocenters. The van der Waals surface area contributed by atoms with Crippen LogP contribution in [0.3, 0.4) is 0 Å². The maximum absolute atomic E-state index is 14.0. The summed E-state index contributed by atoms with van der Waals surface area (Å²) in [6.07, 6.45) is -4.93. The molecule has 4 rings (SSSR count). The first-order chi connectivity index (χ1) is 16.9. The summed E-state index contributed by atoms with van der Waals surface area (Å²) in [4.78, 5) is 18.3. The molecule has 0 bridgehead atoms. The van der Waals surface area contributed by atoms with Gasteiger partial charge in [-0.05, 0) is 74.8 Å². The van der Waals surface area contributed by atoms with Gasteiger partial charge >= 0.3 is 12.4 Å². The number of carbonyl (C=O) groups is 1. The number of alkyl halides is 3. The van der Waals surface area contributed by atoms with E-state index in [-0.39, 0.29) is 12.1 Å². The first kappa shape index (κ1) is 26.1. The van der Waals surface area contributed by atoms with E-state index in [2.05, 4.69) is 4.74 Å². The maximum atomic E-state index is 14.0. The van der Waals surface area contributed by atoms with Crippen LogP contribution in [0.4, 0.5) is 29.3 Å². The molecular weight excluding hydrogens is 518 g/mol. The van der Waals surface area contributed by atoms with E-state index in [1.165, 1.54) is 17.0 Å². The smallest absolute Gasteiger partial charge is 0.406 e. The van der Waals surface area contributed by atoms with E-state index < -0.39 is 29.9 Å². The first-order valence-electron chi connectivity index (χ1n) is 10.8. The lowest BCUT2D eigenvalue weighted by molar-refractivity contribution is -0.274. The number of benzene rings is 3. The number of anilines is 2. The Morgan fingerprint density at radius 2 is 1.53 bits per heavy atom. The molecule has 0 saturated carbocycles. The highest BCUT2D eigenvalue weighted by Gasteiger charge is 2.59. The first-order valence-corrected chi connectivity index (χ1v) is 11.5. The van der Waals surface area contributed by atoms with Crippen LogP contribution in [0.15, 0.2) is 72.8 Å². The zero-order chi connectivity index (χ0) is 26.3. The molecule has 1 unspecified atom stereocenters. The number of hydrogen-bond acceptors (Lipinski definition) is 4. The molecule has 3 aromatic carbocycles. The minimum absolute atomic E-state index is 0.0378. The number of hydrogen-bond donors (Lipinski definition) is 1. The Hall–Kier alpha value is -2.98. The van der Waals surface area contributed by atoms with Crippen LogP contribution in [0, 0.1) is 0 Å². The molecule has 190 valence electrons. The van der Waals surface area contributed by atoms with Crippen molar-refractivity contribution in [2.45, 2.75) is 18.1 Å². The van der Waals surface area contributed by atoms with E-state index in [1.807, 2.05) is 0 Å². The summed E-state index contributed by atoms with van der Waals surface area (Å²) in [7, 11) is 3.53. The predicted molar refractivity (Wildman–Crippen MR) is 133 cm³/mol. The Morgan fingerprint density at radius 1 is 0.972 bits per heavy atom. The average molecular weight is 540 g/mol. The number of ether oxygens (including phenoxy) is 1. The van der Waals surface area contributed by atoms with E-state index in [0.29, 0.717) is 21.4 Å². The molecule has 1 fully saturated rings. The number of aliphatic hydroxyl groups is 1. The summed E-state index contributed by atoms with van der Waals surface area (Å²) in [5.74, 6) is -0.523. The Morgan fingerprint density at radius 3 is 2.06 bits per heavy atom. The van der Waals surface area contributed by atoms with Crippen molar-refractivity contribution >= 4 is 40.6 Å². The number of amides is 2. The van der Waals surface area contributed by atoms with Gasteiger partial charge in [-0.25, -0.2) is 4.79 Å². The number of likely N-dealkylation sites (N-methyl/N-ethyl adjacent to an activating group) is 1. The molecule has 1 N–H and O–H groups in total. The van der Waals surface area contributed by atoms with E-state index >= 15 is 0 Å². The molecule has 0 spiro atoms. The third-order valence-electron chi connectivity index (χ3n) is 5.73. The molecule has 1 aliphatic rings. The van der Waals surface area contributed by atoms with Gasteiger partial charge in [0.05, 0.1) is 0 Å². The third kappa shape index (κ3) is 5.10. The standard InChI is InChI=1S/C25H22Cl2F3N3O3/c1-31(2)15-22-24(35,16-4-3-5-21(14-16)36-25(28,29)30)33(20-12-8-18(27)9-13-20)23(34)32(22)19-10-6-17(26)7-11-19/h3-14,22,35H,15H2,1-2H3/t22-,24?/m1/s1. The molecule has 6 nitrogen and oxygen atoms in total. The summed E-state index contributed by atoms with van der Waals surface area (Å²) in [6, 6.07) is 16.2. The predicted octanol–water partition coefficient (Wildman–Crippen LogP) is 6.11. The summed E-state index contributed by atoms with van der Waals surface area (Å²) in [6.45, 7) is 0.166. The lowest BCUT2D eigenvalue weighted by Gasteiger charge is -2.38. The molecule has 1 saturated heterocycles. The largest absolute Gasteiger partial charge is 0.573 e. The molecule has 11 heteroatoms. The number of carbonyl (C=O) groups excluding carboxylic acids is 1. The monoisotopic (exact) mass is 539 g/mol. The fourth-order valence-corrected chi connectivity index (χ4v) is 4.56. The second-order valence-corrected chi connectivity index (χ2v) is 9.39. The second kappa shape index (κ2) is 9.82. The van der Waals surface area contributed by atoms with Gasteiger partial charge in [-0.3, -0.25) is 9.80 Å². The Balaban J connectivity index is 1.94. The van der Waals surface area contributed by atoms with Gasteiger partial charge < -0.3 is 14.7 Å². The molecule has 0 aromatic heterocycles. The second-order valence-electron chi connectivity index (χ2n) is 8.52. The van der Waals surface area contributed by atoms with Crippen LogP contribution in [0.25, 0.3) is 0 Å². The van der Waals surface area contributed by atoms with E-state index in [4.69, 9.17) is 23.2 Å². The van der Waals surface area contributed by atoms with Crippen LogP contribution in [-0.2, 0) is 5.72 Å². The van der Waals surface area contributed by atoms with Gasteiger partial charge in [-0.1, -0.05) is 35.3 Å². The fraction of sp³-hybridized carbons (Fsp3) is 0.240. The van der Waals surface area contributed by atoms with Gasteiger partial charge in [0.15, 0.2) is 5.72 Å². The minimum atomic E-state index is -4.93. The van der Waals surface area contributed by atoms with E-state index in [9.17, 15) is 23.1 Å². The van der Waals surface area contributed by atoms with Crippen molar-refractivity contribution in [1.82, 2.24) is 4.90 Å². The quantitative estimate of drug-likeness (QED) is 0.410. The van der Waals surface area contributed by atoms with Gasteiger partial charge in [0.25, 0.3) is 0 Å². The molecule has 36 heavy (non-hydrogen) atoms. The molecule has 0 aliphatic carbocycles. The number of rotatable bonds is 6. The topological polar surface area (TPSA) is 56.2 Å². The van der Waals surface area contributed by atoms with Gasteiger partial charge in [0.1, 0.15) is 11.8 Å². The van der Waals surface area contributed by atoms with Crippen LogP contribution in [0.1, 0.15) is 5.56 Å². The zero-order valence-corrected chi connectivity index (χ0v) is 20.7. The molecular formula is C25H22Cl2F3N3O3. The Bertz CT molecular complexity index is 1240. The number of urea groups is 1. The average Bonchev–Trinajstić information content (AvgIpc) is 3.01. The van der Waals surface area contributed by atoms with Crippen molar-refractivity contribution in [2.75, 3.05) is 30.4 Å². The van der Waals surface area contributed by atoms with Crippen molar-refractivity contribution in [3.63, 3.8) is 0 Å². The molecule has 0 radical (unpaired) electrons. The molecule has 3 aromatic rings. The highest BCUT2D eigenvalue weighted by atomic mass is 35.5. The fourth-order valence-electron chi connectivity index (χ4n) is 4.30. The lowest BCUT2D eigenvalue weighted by Crippen LogP contribution is -2.53. The Labute approximate surface area is 216 Å². The van der Waals surface area contributed by atoms with Crippen molar-refractivity contribution in [2.24, 2.45) is 0 Å². The normalized spacial score (nSPS) is 20.4.